The van der Waals surface area contributed by atoms with Crippen LogP contribution >= 0.6 is 0 Å². The number of likely N-dealkylation sites (tertiary alicyclic amines) is 2. The molecule has 0 radical (unpaired) electrons. The van der Waals surface area contributed by atoms with Crippen molar-refractivity contribution in [2.75, 3.05) is 33.2 Å². The van der Waals surface area contributed by atoms with Gasteiger partial charge in [-0.1, -0.05) is 0 Å². The maximum absolute atomic E-state index is 11.2. The zero-order chi connectivity index (χ0) is 11.5. The molecule has 4 heteroatoms. The smallest absolute Gasteiger partial charge is 0.219 e. The van der Waals surface area contributed by atoms with Crippen LogP contribution in [0.25, 0.3) is 0 Å². The van der Waals surface area contributed by atoms with Crippen LogP contribution in [0.4, 0.5) is 0 Å². The van der Waals surface area contributed by atoms with Gasteiger partial charge in [0.05, 0.1) is 0 Å². The third kappa shape index (κ3) is 2.95. The second-order valence-corrected chi connectivity index (χ2v) is 5.19. The van der Waals surface area contributed by atoms with Gasteiger partial charge in [0.25, 0.3) is 0 Å². The van der Waals surface area contributed by atoms with Gasteiger partial charge in [0.15, 0.2) is 0 Å². The van der Waals surface area contributed by atoms with E-state index in [1.165, 1.54) is 19.5 Å². The number of likely N-dealkylation sites (N-methyl/N-ethyl adjacent to an activating group) is 1. The van der Waals surface area contributed by atoms with Crippen molar-refractivity contribution < 1.29 is 4.79 Å². The first-order valence-corrected chi connectivity index (χ1v) is 6.35. The van der Waals surface area contributed by atoms with Gasteiger partial charge >= 0.3 is 0 Å². The summed E-state index contributed by atoms with van der Waals surface area (Å²) in [5.41, 5.74) is 0. The van der Waals surface area contributed by atoms with Crippen molar-refractivity contribution in [1.82, 2.24) is 15.1 Å². The highest BCUT2D eigenvalue weighted by atomic mass is 16.2. The Morgan fingerprint density at radius 2 is 1.75 bits per heavy atom. The fraction of sp³-hybridized carbons (Fsp3) is 0.917. The van der Waals surface area contributed by atoms with Crippen molar-refractivity contribution in [2.24, 2.45) is 0 Å². The minimum absolute atomic E-state index is 0.221. The maximum Gasteiger partial charge on any atom is 0.219 e. The number of hydrogen-bond acceptors (Lipinski definition) is 3. The highest BCUT2D eigenvalue weighted by Crippen LogP contribution is 2.14. The Bertz CT molecular complexity index is 249. The van der Waals surface area contributed by atoms with Crippen molar-refractivity contribution in [3.8, 4) is 0 Å². The van der Waals surface area contributed by atoms with Gasteiger partial charge in [0.2, 0.25) is 5.91 Å². The van der Waals surface area contributed by atoms with Gasteiger partial charge in [-0.05, 0) is 32.9 Å². The van der Waals surface area contributed by atoms with E-state index in [2.05, 4.69) is 17.3 Å². The van der Waals surface area contributed by atoms with E-state index in [1.807, 2.05) is 4.90 Å². The minimum Gasteiger partial charge on any atom is -0.343 e. The molecule has 2 aliphatic rings. The molecule has 0 bridgehead atoms. The second kappa shape index (κ2) is 5.15. The topological polar surface area (TPSA) is 35.6 Å². The van der Waals surface area contributed by atoms with Crippen molar-refractivity contribution >= 4 is 5.91 Å². The molecule has 92 valence electrons. The zero-order valence-electron chi connectivity index (χ0n) is 10.4. The number of amides is 1. The summed E-state index contributed by atoms with van der Waals surface area (Å²) in [6.45, 7) is 5.90. The van der Waals surface area contributed by atoms with Gasteiger partial charge in [0.1, 0.15) is 0 Å². The van der Waals surface area contributed by atoms with Crippen molar-refractivity contribution in [3.63, 3.8) is 0 Å². The fourth-order valence-electron chi connectivity index (χ4n) is 2.77. The lowest BCUT2D eigenvalue weighted by Crippen LogP contribution is -2.47. The molecule has 1 N–H and O–H groups in total. The van der Waals surface area contributed by atoms with Gasteiger partial charge in [-0.25, -0.2) is 0 Å². The summed E-state index contributed by atoms with van der Waals surface area (Å²) in [5.74, 6) is 0.221. The average molecular weight is 225 g/mol. The van der Waals surface area contributed by atoms with Gasteiger partial charge < -0.3 is 15.1 Å². The summed E-state index contributed by atoms with van der Waals surface area (Å²) in [6.07, 6.45) is 3.49. The van der Waals surface area contributed by atoms with E-state index >= 15 is 0 Å². The molecule has 2 saturated heterocycles. The monoisotopic (exact) mass is 225 g/mol. The van der Waals surface area contributed by atoms with Crippen molar-refractivity contribution in [3.05, 3.63) is 0 Å². The maximum atomic E-state index is 11.2. The van der Waals surface area contributed by atoms with Crippen LogP contribution in [-0.2, 0) is 4.79 Å². The largest absolute Gasteiger partial charge is 0.343 e. The van der Waals surface area contributed by atoms with Crippen LogP contribution in [0.3, 0.4) is 0 Å². The number of carbonyl (C=O) groups excluding carboxylic acids is 1. The highest BCUT2D eigenvalue weighted by Gasteiger charge is 2.25. The van der Waals surface area contributed by atoms with Gasteiger partial charge in [-0.3, -0.25) is 4.79 Å². The first-order chi connectivity index (χ1) is 7.65. The lowest BCUT2D eigenvalue weighted by Gasteiger charge is -2.33. The van der Waals surface area contributed by atoms with E-state index in [9.17, 15) is 4.79 Å². The fourth-order valence-corrected chi connectivity index (χ4v) is 2.77. The van der Waals surface area contributed by atoms with Gasteiger partial charge in [-0.15, -0.1) is 0 Å². The summed E-state index contributed by atoms with van der Waals surface area (Å²) < 4.78 is 0. The van der Waals surface area contributed by atoms with E-state index in [0.717, 1.165) is 25.9 Å². The van der Waals surface area contributed by atoms with Gasteiger partial charge in [-0.2, -0.15) is 0 Å². The van der Waals surface area contributed by atoms with Crippen LogP contribution in [0.1, 0.15) is 26.2 Å². The number of nitrogens with zero attached hydrogens (tertiary/aromatic N) is 2. The third-order valence-electron chi connectivity index (χ3n) is 3.80. The third-order valence-corrected chi connectivity index (χ3v) is 3.80. The van der Waals surface area contributed by atoms with E-state index in [1.54, 1.807) is 6.92 Å². The normalized spacial score (nSPS) is 28.6. The van der Waals surface area contributed by atoms with Crippen LogP contribution in [0.5, 0.6) is 0 Å². The van der Waals surface area contributed by atoms with E-state index in [4.69, 9.17) is 0 Å². The molecular weight excluding hydrogens is 202 g/mol. The Morgan fingerprint density at radius 3 is 2.25 bits per heavy atom. The molecule has 1 amide bonds. The van der Waals surface area contributed by atoms with E-state index in [-0.39, 0.29) is 5.91 Å². The summed E-state index contributed by atoms with van der Waals surface area (Å²) in [6, 6.07) is 1.28. The molecule has 2 heterocycles. The second-order valence-electron chi connectivity index (χ2n) is 5.19. The number of piperidine rings is 1. The summed E-state index contributed by atoms with van der Waals surface area (Å²) in [4.78, 5) is 15.5. The summed E-state index contributed by atoms with van der Waals surface area (Å²) in [7, 11) is 2.18. The molecule has 0 aromatic heterocycles. The molecule has 1 unspecified atom stereocenters. The summed E-state index contributed by atoms with van der Waals surface area (Å²) in [5, 5.41) is 3.73. The molecule has 2 rings (SSSR count). The lowest BCUT2D eigenvalue weighted by atomic mass is 10.0. The number of nitrogens with one attached hydrogen (secondary N) is 1. The molecule has 2 aliphatic heterocycles. The molecule has 0 saturated carbocycles. The van der Waals surface area contributed by atoms with Crippen molar-refractivity contribution in [1.29, 1.82) is 0 Å². The predicted molar refractivity (Wildman–Crippen MR) is 64.3 cm³/mol. The molecule has 0 spiro atoms. The van der Waals surface area contributed by atoms with Crippen molar-refractivity contribution in [2.45, 2.75) is 38.3 Å². The molecule has 16 heavy (non-hydrogen) atoms. The predicted octanol–water partition coefficient (Wildman–Crippen LogP) is 0.291. The number of hydrogen-bond donors (Lipinski definition) is 1. The molecule has 0 aromatic rings. The Hall–Kier alpha value is -0.610. The van der Waals surface area contributed by atoms with Crippen LogP contribution in [-0.4, -0.2) is 61.0 Å². The molecule has 0 aromatic carbocycles. The SMILES string of the molecule is CC(=O)N1CCC(NC2CCN(C)C2)CC1. The molecular formula is C12H23N3O. The van der Waals surface area contributed by atoms with Crippen LogP contribution in [0, 0.1) is 0 Å². The Balaban J connectivity index is 1.71. The first kappa shape index (κ1) is 11.9. The van der Waals surface area contributed by atoms with E-state index < -0.39 is 0 Å². The molecule has 1 atom stereocenters. The molecule has 4 nitrogen and oxygen atoms in total. The Kier molecular flexibility index (Phi) is 3.82. The van der Waals surface area contributed by atoms with Crippen LogP contribution in [0.15, 0.2) is 0 Å². The highest BCUT2D eigenvalue weighted by molar-refractivity contribution is 5.73. The first-order valence-electron chi connectivity index (χ1n) is 6.35. The van der Waals surface area contributed by atoms with Crippen LogP contribution in [0.2, 0.25) is 0 Å². The standard InChI is InChI=1S/C12H23N3O/c1-10(16)15-7-4-11(5-8-15)13-12-3-6-14(2)9-12/h11-13H,3-9H2,1-2H3. The zero-order valence-corrected chi connectivity index (χ0v) is 10.4. The van der Waals surface area contributed by atoms with E-state index in [0.29, 0.717) is 12.1 Å². The average Bonchev–Trinajstić information content (AvgIpc) is 2.65. The molecule has 0 aliphatic carbocycles. The number of rotatable bonds is 2. The van der Waals surface area contributed by atoms with Crippen LogP contribution < -0.4 is 5.32 Å². The minimum atomic E-state index is 0.221. The number of carbonyl (C=O) groups is 1. The van der Waals surface area contributed by atoms with Gasteiger partial charge in [0, 0.05) is 38.6 Å². The summed E-state index contributed by atoms with van der Waals surface area (Å²) >= 11 is 0. The molecule has 2 fully saturated rings. The quantitative estimate of drug-likeness (QED) is 0.734. The lowest BCUT2D eigenvalue weighted by molar-refractivity contribution is -0.129. The Labute approximate surface area is 98.0 Å². The Morgan fingerprint density at radius 1 is 1.12 bits per heavy atom.